The van der Waals surface area contributed by atoms with Crippen molar-refractivity contribution in [2.45, 2.75) is 45.1 Å². The standard InChI is InChI=1S/C18H22N2O3/c1-2-23-15-10-8-13(9-11-15)17(21)16(12-19)18(22)20-14-6-4-3-5-7-14/h8-11,14,16H,2-7H2,1H3,(H,20,22). The van der Waals surface area contributed by atoms with Gasteiger partial charge >= 0.3 is 0 Å². The van der Waals surface area contributed by atoms with Crippen molar-refractivity contribution in [3.05, 3.63) is 29.8 Å². The van der Waals surface area contributed by atoms with Crippen molar-refractivity contribution in [1.82, 2.24) is 5.32 Å². The lowest BCUT2D eigenvalue weighted by atomic mass is 9.93. The van der Waals surface area contributed by atoms with Gasteiger partial charge in [-0.1, -0.05) is 19.3 Å². The Labute approximate surface area is 136 Å². The third kappa shape index (κ3) is 4.56. The molecule has 0 spiro atoms. The third-order valence-corrected chi connectivity index (χ3v) is 4.05. The van der Waals surface area contributed by atoms with Crippen molar-refractivity contribution in [2.24, 2.45) is 5.92 Å². The van der Waals surface area contributed by atoms with Crippen LogP contribution in [-0.2, 0) is 4.79 Å². The molecule has 0 radical (unpaired) electrons. The first-order chi connectivity index (χ1) is 11.2. The van der Waals surface area contributed by atoms with Crippen molar-refractivity contribution in [3.8, 4) is 11.8 Å². The summed E-state index contributed by atoms with van der Waals surface area (Å²) >= 11 is 0. The molecule has 0 heterocycles. The van der Waals surface area contributed by atoms with Crippen molar-refractivity contribution in [1.29, 1.82) is 5.26 Å². The first kappa shape index (κ1) is 17.0. The number of hydrogen-bond acceptors (Lipinski definition) is 4. The summed E-state index contributed by atoms with van der Waals surface area (Å²) in [6.45, 7) is 2.41. The number of nitrogens with zero attached hydrogens (tertiary/aromatic N) is 1. The van der Waals surface area contributed by atoms with E-state index in [1.807, 2.05) is 13.0 Å². The molecule has 1 unspecified atom stereocenters. The second-order valence-corrected chi connectivity index (χ2v) is 5.73. The van der Waals surface area contributed by atoms with Crippen LogP contribution in [-0.4, -0.2) is 24.3 Å². The fourth-order valence-corrected chi connectivity index (χ4v) is 2.82. The number of carbonyl (C=O) groups is 2. The molecule has 2 rings (SSSR count). The average Bonchev–Trinajstić information content (AvgIpc) is 2.57. The maximum Gasteiger partial charge on any atom is 0.245 e. The number of ether oxygens (including phenoxy) is 1. The Hall–Kier alpha value is -2.35. The zero-order valence-electron chi connectivity index (χ0n) is 13.4. The molecular formula is C18H22N2O3. The van der Waals surface area contributed by atoms with Crippen LogP contribution in [0.25, 0.3) is 0 Å². The molecular weight excluding hydrogens is 292 g/mol. The van der Waals surface area contributed by atoms with Gasteiger partial charge in [-0.05, 0) is 44.0 Å². The van der Waals surface area contributed by atoms with Gasteiger partial charge in [-0.25, -0.2) is 0 Å². The molecule has 1 aliphatic rings. The van der Waals surface area contributed by atoms with Crippen LogP contribution in [0.15, 0.2) is 24.3 Å². The summed E-state index contributed by atoms with van der Waals surface area (Å²) in [5.41, 5.74) is 0.346. The molecule has 0 bridgehead atoms. The summed E-state index contributed by atoms with van der Waals surface area (Å²) in [6, 6.07) is 8.44. The quantitative estimate of drug-likeness (QED) is 0.647. The SMILES string of the molecule is CCOc1ccc(C(=O)C(C#N)C(=O)NC2CCCCC2)cc1. The number of amides is 1. The zero-order valence-corrected chi connectivity index (χ0v) is 13.4. The maximum atomic E-state index is 12.4. The van der Waals surface area contributed by atoms with Gasteiger partial charge in [0.2, 0.25) is 5.91 Å². The topological polar surface area (TPSA) is 79.2 Å². The summed E-state index contributed by atoms with van der Waals surface area (Å²) < 4.78 is 5.32. The largest absolute Gasteiger partial charge is 0.494 e. The Morgan fingerprint density at radius 2 is 1.91 bits per heavy atom. The Bertz CT molecular complexity index is 583. The maximum absolute atomic E-state index is 12.4. The summed E-state index contributed by atoms with van der Waals surface area (Å²) in [6.07, 6.45) is 5.17. The van der Waals surface area contributed by atoms with Gasteiger partial charge in [0.15, 0.2) is 11.7 Å². The van der Waals surface area contributed by atoms with E-state index in [1.54, 1.807) is 24.3 Å². The van der Waals surface area contributed by atoms with Crippen LogP contribution < -0.4 is 10.1 Å². The highest BCUT2D eigenvalue weighted by atomic mass is 16.5. The van der Waals surface area contributed by atoms with Gasteiger partial charge in [0.25, 0.3) is 0 Å². The van der Waals surface area contributed by atoms with Crippen molar-refractivity contribution < 1.29 is 14.3 Å². The fourth-order valence-electron chi connectivity index (χ4n) is 2.82. The average molecular weight is 314 g/mol. The summed E-state index contributed by atoms with van der Waals surface area (Å²) in [7, 11) is 0. The predicted octanol–water partition coefficient (Wildman–Crippen LogP) is 2.86. The number of nitriles is 1. The van der Waals surface area contributed by atoms with Crippen LogP contribution in [0, 0.1) is 17.2 Å². The van der Waals surface area contributed by atoms with Crippen molar-refractivity contribution in [2.75, 3.05) is 6.61 Å². The minimum Gasteiger partial charge on any atom is -0.494 e. The molecule has 1 N–H and O–H groups in total. The molecule has 122 valence electrons. The molecule has 1 saturated carbocycles. The monoisotopic (exact) mass is 314 g/mol. The van der Waals surface area contributed by atoms with E-state index in [0.29, 0.717) is 17.9 Å². The van der Waals surface area contributed by atoms with Gasteiger partial charge in [0.05, 0.1) is 12.7 Å². The molecule has 1 aromatic rings. The molecule has 1 amide bonds. The second kappa shape index (κ2) is 8.33. The normalized spacial score (nSPS) is 16.2. The summed E-state index contributed by atoms with van der Waals surface area (Å²) in [5.74, 6) is -1.60. The zero-order chi connectivity index (χ0) is 16.7. The van der Waals surface area contributed by atoms with Crippen molar-refractivity contribution in [3.63, 3.8) is 0 Å². The second-order valence-electron chi connectivity index (χ2n) is 5.73. The van der Waals surface area contributed by atoms with Gasteiger partial charge in [-0.3, -0.25) is 9.59 Å². The van der Waals surface area contributed by atoms with Gasteiger partial charge in [-0.15, -0.1) is 0 Å². The predicted molar refractivity (Wildman–Crippen MR) is 86.1 cm³/mol. The highest BCUT2D eigenvalue weighted by Gasteiger charge is 2.29. The Kier molecular flexibility index (Phi) is 6.16. The van der Waals surface area contributed by atoms with E-state index < -0.39 is 17.6 Å². The highest BCUT2D eigenvalue weighted by molar-refractivity contribution is 6.12. The molecule has 0 aromatic heterocycles. The van der Waals surface area contributed by atoms with Crippen LogP contribution in [0.5, 0.6) is 5.75 Å². The molecule has 0 aliphatic heterocycles. The molecule has 1 atom stereocenters. The van der Waals surface area contributed by atoms with Gasteiger partial charge in [0.1, 0.15) is 5.75 Å². The van der Waals surface area contributed by atoms with E-state index in [9.17, 15) is 14.9 Å². The number of Topliss-reactive ketones (excluding diaryl/α,β-unsaturated/α-hetero) is 1. The minimum absolute atomic E-state index is 0.0835. The van der Waals surface area contributed by atoms with E-state index in [1.165, 1.54) is 6.42 Å². The van der Waals surface area contributed by atoms with Gasteiger partial charge in [-0.2, -0.15) is 5.26 Å². The van der Waals surface area contributed by atoms with Crippen LogP contribution in [0.2, 0.25) is 0 Å². The van der Waals surface area contributed by atoms with E-state index in [-0.39, 0.29) is 6.04 Å². The number of nitrogens with one attached hydrogen (secondary N) is 1. The first-order valence-electron chi connectivity index (χ1n) is 8.12. The minimum atomic E-state index is -1.30. The van der Waals surface area contributed by atoms with E-state index in [0.717, 1.165) is 25.7 Å². The first-order valence-corrected chi connectivity index (χ1v) is 8.12. The highest BCUT2D eigenvalue weighted by Crippen LogP contribution is 2.19. The molecule has 5 heteroatoms. The van der Waals surface area contributed by atoms with Crippen LogP contribution in [0.3, 0.4) is 0 Å². The lowest BCUT2D eigenvalue weighted by molar-refractivity contribution is -0.123. The third-order valence-electron chi connectivity index (χ3n) is 4.05. The molecule has 1 aromatic carbocycles. The molecule has 23 heavy (non-hydrogen) atoms. The van der Waals surface area contributed by atoms with Gasteiger partial charge in [0, 0.05) is 11.6 Å². The number of hydrogen-bond donors (Lipinski definition) is 1. The lowest BCUT2D eigenvalue weighted by Gasteiger charge is -2.23. The molecule has 1 aliphatic carbocycles. The number of rotatable bonds is 6. The van der Waals surface area contributed by atoms with Gasteiger partial charge < -0.3 is 10.1 Å². The Balaban J connectivity index is 2.02. The number of benzene rings is 1. The number of ketones is 1. The van der Waals surface area contributed by atoms with E-state index in [4.69, 9.17) is 4.74 Å². The molecule has 0 saturated heterocycles. The smallest absolute Gasteiger partial charge is 0.245 e. The van der Waals surface area contributed by atoms with Crippen LogP contribution >= 0.6 is 0 Å². The van der Waals surface area contributed by atoms with E-state index >= 15 is 0 Å². The summed E-state index contributed by atoms with van der Waals surface area (Å²) in [5, 5.41) is 12.1. The van der Waals surface area contributed by atoms with E-state index in [2.05, 4.69) is 5.32 Å². The fraction of sp³-hybridized carbons (Fsp3) is 0.500. The van der Waals surface area contributed by atoms with Crippen molar-refractivity contribution >= 4 is 11.7 Å². The Morgan fingerprint density at radius 3 is 2.48 bits per heavy atom. The number of carbonyl (C=O) groups excluding carboxylic acids is 2. The molecule has 1 fully saturated rings. The lowest BCUT2D eigenvalue weighted by Crippen LogP contribution is -2.42. The van der Waals surface area contributed by atoms with Crippen LogP contribution in [0.4, 0.5) is 0 Å². The Morgan fingerprint density at radius 1 is 1.26 bits per heavy atom. The summed E-state index contributed by atoms with van der Waals surface area (Å²) in [4.78, 5) is 24.7. The molecule has 5 nitrogen and oxygen atoms in total. The van der Waals surface area contributed by atoms with Crippen LogP contribution in [0.1, 0.15) is 49.4 Å².